The van der Waals surface area contributed by atoms with Crippen molar-refractivity contribution in [3.8, 4) is 0 Å². The molecule has 0 aromatic heterocycles. The Morgan fingerprint density at radius 1 is 1.40 bits per heavy atom. The van der Waals surface area contributed by atoms with E-state index in [1.54, 1.807) is 20.8 Å². The second kappa shape index (κ2) is 8.02. The molecular formula is C11H22O7PS+. The Hall–Kier alpha value is -0.560. The molecule has 7 nitrogen and oxygen atoms in total. The largest absolute Gasteiger partial charge is 0.479 e. The summed E-state index contributed by atoms with van der Waals surface area (Å²) < 4.78 is 43.3. The van der Waals surface area contributed by atoms with Crippen LogP contribution in [0.3, 0.4) is 0 Å². The fraction of sp³-hybridized carbons (Fsp3) is 0.909. The van der Waals surface area contributed by atoms with Gasteiger partial charge in [0.2, 0.25) is 5.60 Å². The van der Waals surface area contributed by atoms with E-state index >= 15 is 0 Å². The zero-order valence-electron chi connectivity index (χ0n) is 12.1. The number of carboxylic acid groups (broad SMARTS) is 1. The van der Waals surface area contributed by atoms with Gasteiger partial charge in [0.25, 0.3) is 10.1 Å². The van der Waals surface area contributed by atoms with Gasteiger partial charge in [-0.05, 0) is 12.8 Å². The maximum absolute atomic E-state index is 11.6. The molecule has 0 rings (SSSR count). The highest BCUT2D eigenvalue weighted by molar-refractivity contribution is 7.85. The molecular weight excluding hydrogens is 307 g/mol. The summed E-state index contributed by atoms with van der Waals surface area (Å²) in [6.07, 6.45) is 0.676. The van der Waals surface area contributed by atoms with Gasteiger partial charge in [-0.2, -0.15) is 8.42 Å². The van der Waals surface area contributed by atoms with E-state index in [1.807, 2.05) is 0 Å². The highest BCUT2D eigenvalue weighted by atomic mass is 32.2. The molecule has 9 heteroatoms. The van der Waals surface area contributed by atoms with Crippen LogP contribution < -0.4 is 0 Å². The molecule has 0 fully saturated rings. The molecule has 0 aliphatic rings. The average Bonchev–Trinajstić information content (AvgIpc) is 2.27. The molecule has 0 aliphatic carbocycles. The zero-order chi connectivity index (χ0) is 16.0. The minimum absolute atomic E-state index is 0.110. The van der Waals surface area contributed by atoms with Gasteiger partial charge in [-0.1, -0.05) is 18.4 Å². The second-order valence-corrected chi connectivity index (χ2v) is 7.07. The van der Waals surface area contributed by atoms with E-state index < -0.39 is 36.1 Å². The number of rotatable bonds is 10. The van der Waals surface area contributed by atoms with Crippen LogP contribution in [0, 0.1) is 11.8 Å². The van der Waals surface area contributed by atoms with Crippen LogP contribution in [0.25, 0.3) is 0 Å². The van der Waals surface area contributed by atoms with Crippen molar-refractivity contribution >= 4 is 24.5 Å². The van der Waals surface area contributed by atoms with Crippen molar-refractivity contribution in [3.05, 3.63) is 0 Å². The molecule has 0 heterocycles. The molecule has 0 spiro atoms. The lowest BCUT2D eigenvalue weighted by atomic mass is 9.81. The van der Waals surface area contributed by atoms with Crippen LogP contribution in [0.5, 0.6) is 0 Å². The Kier molecular flexibility index (Phi) is 7.80. The fourth-order valence-corrected chi connectivity index (χ4v) is 3.14. The lowest BCUT2D eigenvalue weighted by molar-refractivity contribution is -0.174. The van der Waals surface area contributed by atoms with Gasteiger partial charge in [-0.3, -0.25) is 4.18 Å². The zero-order valence-corrected chi connectivity index (χ0v) is 13.9. The molecule has 1 N–H and O–H groups in total. The summed E-state index contributed by atoms with van der Waals surface area (Å²) in [5, 5.41) is 9.47. The molecule has 3 atom stereocenters. The maximum Gasteiger partial charge on any atom is 0.340 e. The Balaban J connectivity index is 5.51. The van der Waals surface area contributed by atoms with Crippen molar-refractivity contribution in [2.75, 3.05) is 25.6 Å². The van der Waals surface area contributed by atoms with Gasteiger partial charge >= 0.3 is 14.4 Å². The summed E-state index contributed by atoms with van der Waals surface area (Å²) in [6, 6.07) is 0. The molecule has 0 aromatic rings. The van der Waals surface area contributed by atoms with Gasteiger partial charge in [0.15, 0.2) is 6.16 Å². The number of ether oxygens (including phenoxy) is 1. The van der Waals surface area contributed by atoms with E-state index in [1.165, 1.54) is 0 Å². The predicted octanol–water partition coefficient (Wildman–Crippen LogP) is 1.12. The van der Waals surface area contributed by atoms with Gasteiger partial charge in [0.1, 0.15) is 0 Å². The standard InChI is InChI=1S/C11H21O7PS/c1-5-17-11(7-19-14,10(12)13)9(8(2)3)6-18-20(4,15)16/h8-9H,5-7H2,1-4H3,(H,12,13)/p+1. The number of carboxylic acids is 1. The van der Waals surface area contributed by atoms with Gasteiger partial charge < -0.3 is 9.84 Å². The third-order valence-corrected chi connectivity index (χ3v) is 4.20. The van der Waals surface area contributed by atoms with Gasteiger partial charge in [-0.25, -0.2) is 4.79 Å². The molecule has 3 unspecified atom stereocenters. The lowest BCUT2D eigenvalue weighted by Gasteiger charge is -2.35. The number of hydrogen-bond acceptors (Lipinski definition) is 6. The fourth-order valence-electron chi connectivity index (χ4n) is 2.01. The molecule has 0 aromatic carbocycles. The van der Waals surface area contributed by atoms with Crippen LogP contribution in [-0.2, 0) is 28.4 Å². The normalized spacial score (nSPS) is 17.1. The first kappa shape index (κ1) is 19.4. The minimum atomic E-state index is -3.69. The van der Waals surface area contributed by atoms with Gasteiger partial charge in [-0.15, -0.1) is 0 Å². The first-order valence-corrected chi connectivity index (χ1v) is 9.10. The summed E-state index contributed by atoms with van der Waals surface area (Å²) in [7, 11) is -4.57. The molecule has 0 bridgehead atoms. The molecule has 118 valence electrons. The van der Waals surface area contributed by atoms with Gasteiger partial charge in [0.05, 0.1) is 12.9 Å². The van der Waals surface area contributed by atoms with Crippen molar-refractivity contribution in [2.24, 2.45) is 11.8 Å². The maximum atomic E-state index is 11.6. The summed E-state index contributed by atoms with van der Waals surface area (Å²) in [6.45, 7) is 4.88. The monoisotopic (exact) mass is 329 g/mol. The SMILES string of the molecule is CCOC(C[PH+]=O)(C(=O)O)C(COS(C)(=O)=O)C(C)C. The van der Waals surface area contributed by atoms with E-state index in [0.717, 1.165) is 6.26 Å². The summed E-state index contributed by atoms with van der Waals surface area (Å²) in [4.78, 5) is 11.6. The van der Waals surface area contributed by atoms with Crippen LogP contribution >= 0.6 is 8.46 Å². The van der Waals surface area contributed by atoms with Crippen molar-refractivity contribution in [3.63, 3.8) is 0 Å². The van der Waals surface area contributed by atoms with Crippen molar-refractivity contribution < 1.29 is 31.8 Å². The Morgan fingerprint density at radius 2 is 1.95 bits per heavy atom. The molecule has 20 heavy (non-hydrogen) atoms. The molecule has 0 saturated heterocycles. The van der Waals surface area contributed by atoms with Crippen LogP contribution in [0.2, 0.25) is 0 Å². The predicted molar refractivity (Wildman–Crippen MR) is 75.0 cm³/mol. The number of aliphatic carboxylic acids is 1. The van der Waals surface area contributed by atoms with E-state index in [-0.39, 0.29) is 25.3 Å². The van der Waals surface area contributed by atoms with Gasteiger partial charge in [0, 0.05) is 12.5 Å². The smallest absolute Gasteiger partial charge is 0.340 e. The first-order valence-electron chi connectivity index (χ1n) is 6.17. The minimum Gasteiger partial charge on any atom is -0.479 e. The van der Waals surface area contributed by atoms with E-state index in [4.69, 9.17) is 8.92 Å². The molecule has 0 saturated carbocycles. The van der Waals surface area contributed by atoms with Crippen LogP contribution in [0.1, 0.15) is 20.8 Å². The Labute approximate surface area is 121 Å². The lowest BCUT2D eigenvalue weighted by Crippen LogP contribution is -2.54. The number of hydrogen-bond donors (Lipinski definition) is 1. The van der Waals surface area contributed by atoms with Crippen LogP contribution in [0.15, 0.2) is 0 Å². The van der Waals surface area contributed by atoms with Crippen LogP contribution in [0.4, 0.5) is 0 Å². The number of carbonyl (C=O) groups is 1. The topological polar surface area (TPSA) is 107 Å². The Bertz CT molecular complexity index is 434. The van der Waals surface area contributed by atoms with Crippen LogP contribution in [-0.4, -0.2) is 50.7 Å². The third kappa shape index (κ3) is 5.44. The summed E-state index contributed by atoms with van der Waals surface area (Å²) >= 11 is 0. The highest BCUT2D eigenvalue weighted by Crippen LogP contribution is 2.33. The molecule has 0 amide bonds. The van der Waals surface area contributed by atoms with Crippen molar-refractivity contribution in [2.45, 2.75) is 26.4 Å². The highest BCUT2D eigenvalue weighted by Gasteiger charge is 2.51. The summed E-state index contributed by atoms with van der Waals surface area (Å²) in [5.41, 5.74) is -1.71. The quantitative estimate of drug-likeness (QED) is 0.472. The molecule has 0 radical (unpaired) electrons. The molecule has 0 aliphatic heterocycles. The van der Waals surface area contributed by atoms with Crippen molar-refractivity contribution in [1.82, 2.24) is 0 Å². The Morgan fingerprint density at radius 3 is 2.25 bits per heavy atom. The average molecular weight is 329 g/mol. The summed E-state index contributed by atoms with van der Waals surface area (Å²) in [5.74, 6) is -2.23. The van der Waals surface area contributed by atoms with Crippen molar-refractivity contribution in [1.29, 1.82) is 0 Å². The van der Waals surface area contributed by atoms with E-state index in [2.05, 4.69) is 0 Å². The third-order valence-electron chi connectivity index (χ3n) is 2.96. The second-order valence-electron chi connectivity index (χ2n) is 4.79. The van der Waals surface area contributed by atoms with E-state index in [0.29, 0.717) is 0 Å². The first-order chi connectivity index (χ1) is 9.10. The van der Waals surface area contributed by atoms with E-state index in [9.17, 15) is 22.9 Å².